The zero-order valence-corrected chi connectivity index (χ0v) is 18.1. The predicted molar refractivity (Wildman–Crippen MR) is 118 cm³/mol. The van der Waals surface area contributed by atoms with Crippen LogP contribution in [-0.4, -0.2) is 47.9 Å². The Morgan fingerprint density at radius 2 is 1.89 bits per heavy atom. The highest BCUT2D eigenvalue weighted by Crippen LogP contribution is 2.23. The number of benzene rings is 1. The smallest absolute Gasteiger partial charge is 0.222 e. The summed E-state index contributed by atoms with van der Waals surface area (Å²) in [6.07, 6.45) is 7.75. The number of carbonyl (C=O) groups excluding carboxylic acids is 1. The Kier molecular flexibility index (Phi) is 10.5. The lowest BCUT2D eigenvalue weighted by molar-refractivity contribution is -0.133. The van der Waals surface area contributed by atoms with Crippen molar-refractivity contribution >= 4 is 36.4 Å². The maximum atomic E-state index is 12.7. The van der Waals surface area contributed by atoms with Crippen LogP contribution in [0, 0.1) is 5.92 Å². The Morgan fingerprint density at radius 1 is 1.11 bits per heavy atom. The topological polar surface area (TPSA) is 49.6 Å². The van der Waals surface area contributed by atoms with Crippen LogP contribution >= 0.6 is 24.8 Å². The van der Waals surface area contributed by atoms with Gasteiger partial charge in [-0.15, -0.1) is 24.8 Å². The summed E-state index contributed by atoms with van der Waals surface area (Å²) in [6.45, 7) is 6.62. The van der Waals surface area contributed by atoms with Gasteiger partial charge in [0.2, 0.25) is 5.91 Å². The van der Waals surface area contributed by atoms with Crippen LogP contribution in [-0.2, 0) is 11.2 Å². The van der Waals surface area contributed by atoms with Gasteiger partial charge in [0.25, 0.3) is 0 Å². The first-order valence-corrected chi connectivity index (χ1v) is 9.98. The average molecular weight is 416 g/mol. The summed E-state index contributed by atoms with van der Waals surface area (Å²) in [4.78, 5) is 17.4. The minimum absolute atomic E-state index is 0. The molecule has 2 N–H and O–H groups in total. The standard InChI is InChI=1S/C21H33N3O.2ClH/c1-17-7-4-5-13-23(17)15-18-8-6-14-24(16-18)21(25)12-11-19-9-2-3-10-20(19)22;;/h2-3,9-10,17-18H,4-8,11-16,22H2,1H3;2*1H. The maximum absolute atomic E-state index is 12.7. The quantitative estimate of drug-likeness (QED) is 0.734. The second-order valence-corrected chi connectivity index (χ2v) is 7.89. The molecule has 154 valence electrons. The largest absolute Gasteiger partial charge is 0.399 e. The summed E-state index contributed by atoms with van der Waals surface area (Å²) < 4.78 is 0. The molecule has 2 fully saturated rings. The van der Waals surface area contributed by atoms with E-state index in [1.165, 1.54) is 32.2 Å². The minimum Gasteiger partial charge on any atom is -0.399 e. The van der Waals surface area contributed by atoms with Crippen molar-refractivity contribution in [3.63, 3.8) is 0 Å². The van der Waals surface area contributed by atoms with E-state index < -0.39 is 0 Å². The molecule has 1 aromatic carbocycles. The van der Waals surface area contributed by atoms with Gasteiger partial charge >= 0.3 is 0 Å². The van der Waals surface area contributed by atoms with Crippen LogP contribution in [0.1, 0.15) is 51.0 Å². The van der Waals surface area contributed by atoms with E-state index >= 15 is 0 Å². The van der Waals surface area contributed by atoms with E-state index in [1.54, 1.807) is 0 Å². The number of halogens is 2. The van der Waals surface area contributed by atoms with Gasteiger partial charge in [0.05, 0.1) is 0 Å². The molecule has 1 aromatic rings. The van der Waals surface area contributed by atoms with Gasteiger partial charge in [-0.2, -0.15) is 0 Å². The Hall–Kier alpha value is -0.970. The summed E-state index contributed by atoms with van der Waals surface area (Å²) >= 11 is 0. The molecule has 3 rings (SSSR count). The van der Waals surface area contributed by atoms with Crippen molar-refractivity contribution in [1.82, 2.24) is 9.80 Å². The molecule has 2 aliphatic heterocycles. The molecule has 2 atom stereocenters. The number of piperidine rings is 2. The van der Waals surface area contributed by atoms with E-state index in [4.69, 9.17) is 5.73 Å². The first-order chi connectivity index (χ1) is 12.1. The molecule has 1 amide bonds. The fourth-order valence-corrected chi connectivity index (χ4v) is 4.36. The van der Waals surface area contributed by atoms with Crippen LogP contribution in [0.15, 0.2) is 24.3 Å². The molecule has 0 bridgehead atoms. The maximum Gasteiger partial charge on any atom is 0.222 e. The summed E-state index contributed by atoms with van der Waals surface area (Å²) in [5.41, 5.74) is 7.88. The van der Waals surface area contributed by atoms with Gasteiger partial charge in [-0.05, 0) is 63.1 Å². The first kappa shape index (κ1) is 24.1. The van der Waals surface area contributed by atoms with E-state index in [0.717, 1.165) is 43.7 Å². The molecular formula is C21H35Cl2N3O. The Balaban J connectivity index is 0.00000182. The Labute approximate surface area is 176 Å². The lowest BCUT2D eigenvalue weighted by Gasteiger charge is -2.39. The molecule has 0 aliphatic carbocycles. The minimum atomic E-state index is 0. The number of likely N-dealkylation sites (tertiary alicyclic amines) is 2. The van der Waals surface area contributed by atoms with Crippen molar-refractivity contribution in [3.8, 4) is 0 Å². The molecule has 0 radical (unpaired) electrons. The number of anilines is 1. The second kappa shape index (κ2) is 11.8. The molecule has 2 heterocycles. The predicted octanol–water partition coefficient (Wildman–Crippen LogP) is 4.16. The van der Waals surface area contributed by atoms with Crippen LogP contribution in [0.2, 0.25) is 0 Å². The van der Waals surface area contributed by atoms with Gasteiger partial charge < -0.3 is 15.5 Å². The molecule has 0 aromatic heterocycles. The van der Waals surface area contributed by atoms with Crippen LogP contribution in [0.3, 0.4) is 0 Å². The van der Waals surface area contributed by atoms with E-state index in [-0.39, 0.29) is 24.8 Å². The van der Waals surface area contributed by atoms with Gasteiger partial charge in [0.1, 0.15) is 0 Å². The fourth-order valence-electron chi connectivity index (χ4n) is 4.36. The van der Waals surface area contributed by atoms with Gasteiger partial charge in [0.15, 0.2) is 0 Å². The van der Waals surface area contributed by atoms with Crippen molar-refractivity contribution in [2.75, 3.05) is 31.9 Å². The Bertz CT molecular complexity index is 584. The zero-order valence-electron chi connectivity index (χ0n) is 16.4. The van der Waals surface area contributed by atoms with Crippen LogP contribution in [0.4, 0.5) is 5.69 Å². The fraction of sp³-hybridized carbons (Fsp3) is 0.667. The SMILES string of the molecule is CC1CCCCN1CC1CCCN(C(=O)CCc2ccccc2N)C1.Cl.Cl. The van der Waals surface area contributed by atoms with Crippen LogP contribution in [0.5, 0.6) is 0 Å². The summed E-state index contributed by atoms with van der Waals surface area (Å²) in [7, 11) is 0. The van der Waals surface area contributed by atoms with Crippen LogP contribution in [0.25, 0.3) is 0 Å². The highest BCUT2D eigenvalue weighted by Gasteiger charge is 2.27. The summed E-state index contributed by atoms with van der Waals surface area (Å²) in [5.74, 6) is 0.930. The van der Waals surface area contributed by atoms with Crippen molar-refractivity contribution in [1.29, 1.82) is 0 Å². The van der Waals surface area contributed by atoms with E-state index in [0.29, 0.717) is 24.3 Å². The number of amides is 1. The number of nitrogen functional groups attached to an aromatic ring is 1. The third-order valence-electron chi connectivity index (χ3n) is 5.97. The molecule has 4 nitrogen and oxygen atoms in total. The average Bonchev–Trinajstić information content (AvgIpc) is 2.63. The van der Waals surface area contributed by atoms with Crippen molar-refractivity contribution in [2.24, 2.45) is 5.92 Å². The highest BCUT2D eigenvalue weighted by molar-refractivity contribution is 5.85. The van der Waals surface area contributed by atoms with Gasteiger partial charge in [-0.25, -0.2) is 0 Å². The molecule has 2 saturated heterocycles. The molecule has 2 aliphatic rings. The third-order valence-corrected chi connectivity index (χ3v) is 5.97. The number of nitrogens with zero attached hydrogens (tertiary/aromatic N) is 2. The molecular weight excluding hydrogens is 381 g/mol. The molecule has 0 spiro atoms. The number of carbonyl (C=O) groups is 1. The van der Waals surface area contributed by atoms with Gasteiger partial charge in [0, 0.05) is 37.8 Å². The first-order valence-electron chi connectivity index (χ1n) is 9.98. The number of para-hydroxylation sites is 1. The highest BCUT2D eigenvalue weighted by atomic mass is 35.5. The number of hydrogen-bond acceptors (Lipinski definition) is 3. The van der Waals surface area contributed by atoms with Crippen LogP contribution < -0.4 is 5.73 Å². The number of nitrogens with two attached hydrogens (primary N) is 1. The van der Waals surface area contributed by atoms with Crippen molar-refractivity contribution < 1.29 is 4.79 Å². The molecule has 6 heteroatoms. The number of hydrogen-bond donors (Lipinski definition) is 1. The van der Waals surface area contributed by atoms with Crippen molar-refractivity contribution in [2.45, 2.75) is 57.9 Å². The van der Waals surface area contributed by atoms with Gasteiger partial charge in [-0.1, -0.05) is 24.6 Å². The monoisotopic (exact) mass is 415 g/mol. The number of rotatable bonds is 5. The lowest BCUT2D eigenvalue weighted by atomic mass is 9.94. The van der Waals surface area contributed by atoms with E-state index in [9.17, 15) is 4.79 Å². The normalized spacial score (nSPS) is 23.2. The lowest BCUT2D eigenvalue weighted by Crippen LogP contribution is -2.46. The Morgan fingerprint density at radius 3 is 2.63 bits per heavy atom. The van der Waals surface area contributed by atoms with Gasteiger partial charge in [-0.3, -0.25) is 4.79 Å². The summed E-state index contributed by atoms with van der Waals surface area (Å²) in [6, 6.07) is 8.58. The molecule has 0 saturated carbocycles. The zero-order chi connectivity index (χ0) is 17.6. The number of aryl methyl sites for hydroxylation is 1. The molecule has 27 heavy (non-hydrogen) atoms. The van der Waals surface area contributed by atoms with Crippen molar-refractivity contribution in [3.05, 3.63) is 29.8 Å². The molecule has 2 unspecified atom stereocenters. The van der Waals surface area contributed by atoms with E-state index in [2.05, 4.69) is 16.7 Å². The van der Waals surface area contributed by atoms with E-state index in [1.807, 2.05) is 24.3 Å². The second-order valence-electron chi connectivity index (χ2n) is 7.89. The summed E-state index contributed by atoms with van der Waals surface area (Å²) in [5, 5.41) is 0. The third kappa shape index (κ3) is 6.85.